The van der Waals surface area contributed by atoms with Crippen LogP contribution in [0.1, 0.15) is 12.5 Å². The molecule has 2 atom stereocenters. The van der Waals surface area contributed by atoms with Gasteiger partial charge in [0, 0.05) is 30.9 Å². The topological polar surface area (TPSA) is 54.5 Å². The van der Waals surface area contributed by atoms with Crippen molar-refractivity contribution in [2.75, 3.05) is 30.9 Å². The summed E-state index contributed by atoms with van der Waals surface area (Å²) in [6.07, 6.45) is 2.21. The first-order valence-electron chi connectivity index (χ1n) is 6.89. The summed E-state index contributed by atoms with van der Waals surface area (Å²) < 4.78 is 23.9. The molecule has 0 bridgehead atoms. The van der Waals surface area contributed by atoms with Crippen LogP contribution in [0.2, 0.25) is 0 Å². The van der Waals surface area contributed by atoms with Gasteiger partial charge in [0.2, 0.25) is 0 Å². The highest BCUT2D eigenvalue weighted by Gasteiger charge is 2.37. The van der Waals surface area contributed by atoms with Crippen LogP contribution in [0.3, 0.4) is 0 Å². The Morgan fingerprint density at radius 2 is 2.05 bits per heavy atom. The van der Waals surface area contributed by atoms with Crippen molar-refractivity contribution >= 4 is 27.9 Å². The van der Waals surface area contributed by atoms with Crippen molar-refractivity contribution in [3.8, 4) is 0 Å². The summed E-state index contributed by atoms with van der Waals surface area (Å²) in [5.41, 5.74) is 0.233. The van der Waals surface area contributed by atoms with E-state index in [-0.39, 0.29) is 0 Å². The molecule has 1 aromatic carbocycles. The lowest BCUT2D eigenvalue weighted by Gasteiger charge is -2.38. The van der Waals surface area contributed by atoms with Crippen LogP contribution in [-0.2, 0) is 20.0 Å². The van der Waals surface area contributed by atoms with Gasteiger partial charge in [0.25, 0.3) is 0 Å². The van der Waals surface area contributed by atoms with E-state index < -0.39 is 20.6 Å². The molecule has 0 saturated carbocycles. The van der Waals surface area contributed by atoms with Crippen LogP contribution >= 0.6 is 11.8 Å². The fourth-order valence-corrected chi connectivity index (χ4v) is 5.57. The molecule has 116 valence electrons. The number of carbonyl (C=O) groups is 1. The number of aldehydes is 1. The Morgan fingerprint density at radius 1 is 1.38 bits per heavy atom. The van der Waals surface area contributed by atoms with Crippen LogP contribution in [0.15, 0.2) is 30.3 Å². The normalized spacial score (nSPS) is 23.4. The van der Waals surface area contributed by atoms with E-state index in [0.717, 1.165) is 17.6 Å². The van der Waals surface area contributed by atoms with Gasteiger partial charge in [-0.15, -0.1) is 0 Å². The zero-order chi connectivity index (χ0) is 15.5. The molecule has 1 aromatic rings. The Kier molecular flexibility index (Phi) is 5.11. The first-order valence-corrected chi connectivity index (χ1v) is 10.0. The standard InChI is InChI=1S/C15H21NO3S2/c1-15(12-17,13-6-4-3-5-7-13)11-16-8-9-20-10-14(16)21(2,18)19/h3-7,12,14H,8-11H2,1-2H3. The van der Waals surface area contributed by atoms with Crippen LogP contribution in [0.4, 0.5) is 0 Å². The van der Waals surface area contributed by atoms with Crippen LogP contribution in [0, 0.1) is 0 Å². The Bertz CT molecular complexity index is 588. The van der Waals surface area contributed by atoms with Crippen LogP contribution in [0.5, 0.6) is 0 Å². The average molecular weight is 327 g/mol. The van der Waals surface area contributed by atoms with E-state index in [2.05, 4.69) is 0 Å². The highest BCUT2D eigenvalue weighted by Crippen LogP contribution is 2.27. The summed E-state index contributed by atoms with van der Waals surface area (Å²) in [6, 6.07) is 9.55. The molecule has 0 aliphatic carbocycles. The summed E-state index contributed by atoms with van der Waals surface area (Å²) in [7, 11) is -3.15. The lowest BCUT2D eigenvalue weighted by molar-refractivity contribution is -0.112. The SMILES string of the molecule is CC(C=O)(CN1CCSCC1S(C)(=O)=O)c1ccccc1. The second kappa shape index (κ2) is 6.50. The largest absolute Gasteiger partial charge is 0.302 e. The molecule has 2 rings (SSSR count). The van der Waals surface area contributed by atoms with Crippen molar-refractivity contribution in [1.82, 2.24) is 4.90 Å². The van der Waals surface area contributed by atoms with Crippen LogP contribution < -0.4 is 0 Å². The molecular weight excluding hydrogens is 306 g/mol. The van der Waals surface area contributed by atoms with Gasteiger partial charge in [0.05, 0.1) is 5.41 Å². The minimum absolute atomic E-state index is 0.429. The molecule has 1 aliphatic heterocycles. The summed E-state index contributed by atoms with van der Waals surface area (Å²) >= 11 is 1.65. The number of hydrogen-bond acceptors (Lipinski definition) is 5. The van der Waals surface area contributed by atoms with Gasteiger partial charge in [-0.1, -0.05) is 30.3 Å². The second-order valence-electron chi connectivity index (χ2n) is 5.73. The lowest BCUT2D eigenvalue weighted by atomic mass is 9.83. The molecule has 0 amide bonds. The third-order valence-corrected chi connectivity index (χ3v) is 6.60. The van der Waals surface area contributed by atoms with Gasteiger partial charge in [-0.05, 0) is 12.5 Å². The summed E-state index contributed by atoms with van der Waals surface area (Å²) in [5, 5.41) is -0.501. The molecule has 1 saturated heterocycles. The molecule has 0 aromatic heterocycles. The van der Waals surface area contributed by atoms with Crippen LogP contribution in [-0.4, -0.2) is 55.8 Å². The van der Waals surface area contributed by atoms with Crippen molar-refractivity contribution in [1.29, 1.82) is 0 Å². The second-order valence-corrected chi connectivity index (χ2v) is 9.08. The molecule has 1 heterocycles. The quantitative estimate of drug-likeness (QED) is 0.768. The van der Waals surface area contributed by atoms with Crippen LogP contribution in [0.25, 0.3) is 0 Å². The maximum Gasteiger partial charge on any atom is 0.164 e. The van der Waals surface area contributed by atoms with Gasteiger partial charge in [0.15, 0.2) is 9.84 Å². The predicted molar refractivity (Wildman–Crippen MR) is 87.4 cm³/mol. The number of hydrogen-bond donors (Lipinski definition) is 0. The third kappa shape index (κ3) is 3.87. The minimum atomic E-state index is -3.15. The van der Waals surface area contributed by atoms with Crippen molar-refractivity contribution in [2.45, 2.75) is 17.7 Å². The van der Waals surface area contributed by atoms with E-state index in [1.807, 2.05) is 42.2 Å². The molecule has 6 heteroatoms. The number of carbonyl (C=O) groups excluding carboxylic acids is 1. The van der Waals surface area contributed by atoms with E-state index in [1.165, 1.54) is 6.26 Å². The molecule has 0 spiro atoms. The van der Waals surface area contributed by atoms with Gasteiger partial charge in [0.1, 0.15) is 11.7 Å². The molecule has 0 radical (unpaired) electrons. The smallest absolute Gasteiger partial charge is 0.164 e. The number of thioether (sulfide) groups is 1. The van der Waals surface area contributed by atoms with Gasteiger partial charge >= 0.3 is 0 Å². The van der Waals surface area contributed by atoms with E-state index in [4.69, 9.17) is 0 Å². The Morgan fingerprint density at radius 3 is 2.62 bits per heavy atom. The number of benzene rings is 1. The van der Waals surface area contributed by atoms with Gasteiger partial charge in [-0.3, -0.25) is 4.90 Å². The van der Waals surface area contributed by atoms with E-state index >= 15 is 0 Å². The highest BCUT2D eigenvalue weighted by molar-refractivity contribution is 8.00. The zero-order valence-corrected chi connectivity index (χ0v) is 14.0. The minimum Gasteiger partial charge on any atom is -0.302 e. The van der Waals surface area contributed by atoms with Gasteiger partial charge in [-0.25, -0.2) is 8.42 Å². The maximum atomic E-state index is 12.0. The highest BCUT2D eigenvalue weighted by atomic mass is 32.2. The first-order chi connectivity index (χ1) is 9.87. The monoisotopic (exact) mass is 327 g/mol. The maximum absolute atomic E-state index is 12.0. The number of sulfone groups is 1. The van der Waals surface area contributed by atoms with Crippen molar-refractivity contribution < 1.29 is 13.2 Å². The molecule has 4 nitrogen and oxygen atoms in total. The van der Waals surface area contributed by atoms with Crippen molar-refractivity contribution in [3.63, 3.8) is 0 Å². The molecule has 1 aliphatic rings. The molecule has 1 fully saturated rings. The van der Waals surface area contributed by atoms with Gasteiger partial charge in [-0.2, -0.15) is 11.8 Å². The lowest BCUT2D eigenvalue weighted by Crippen LogP contribution is -2.52. The van der Waals surface area contributed by atoms with E-state index in [0.29, 0.717) is 18.8 Å². The fraction of sp³-hybridized carbons (Fsp3) is 0.533. The Balaban J connectivity index is 2.26. The third-order valence-electron chi connectivity index (χ3n) is 3.91. The first kappa shape index (κ1) is 16.5. The summed E-state index contributed by atoms with van der Waals surface area (Å²) in [5.74, 6) is 1.47. The predicted octanol–water partition coefficient (Wildman–Crippen LogP) is 1.56. The number of nitrogens with zero attached hydrogens (tertiary/aromatic N) is 1. The Labute approximate surface area is 130 Å². The molecule has 2 unspecified atom stereocenters. The average Bonchev–Trinajstić information content (AvgIpc) is 2.47. The zero-order valence-electron chi connectivity index (χ0n) is 12.4. The Hall–Kier alpha value is -0.850. The molecule has 0 N–H and O–H groups in total. The fourth-order valence-electron chi connectivity index (χ4n) is 2.63. The van der Waals surface area contributed by atoms with Gasteiger partial charge < -0.3 is 4.79 Å². The van der Waals surface area contributed by atoms with E-state index in [1.54, 1.807) is 11.8 Å². The van der Waals surface area contributed by atoms with E-state index in [9.17, 15) is 13.2 Å². The summed E-state index contributed by atoms with van der Waals surface area (Å²) in [6.45, 7) is 2.99. The molecular formula is C15H21NO3S2. The molecule has 21 heavy (non-hydrogen) atoms. The number of rotatable bonds is 5. The van der Waals surface area contributed by atoms with Crippen molar-refractivity contribution in [3.05, 3.63) is 35.9 Å². The summed E-state index contributed by atoms with van der Waals surface area (Å²) in [4.78, 5) is 13.6. The van der Waals surface area contributed by atoms with Crippen molar-refractivity contribution in [2.24, 2.45) is 0 Å².